The molecule has 1 aromatic carbocycles. The predicted octanol–water partition coefficient (Wildman–Crippen LogP) is 1.83. The van der Waals surface area contributed by atoms with Gasteiger partial charge in [-0.2, -0.15) is 0 Å². The molecule has 2 heterocycles. The van der Waals surface area contributed by atoms with Crippen molar-refractivity contribution in [1.82, 2.24) is 9.97 Å². The number of hydrogen-bond acceptors (Lipinski definition) is 7. The van der Waals surface area contributed by atoms with Gasteiger partial charge in [0.25, 0.3) is 0 Å². The highest BCUT2D eigenvalue weighted by atomic mass is 32.2. The number of aryl methyl sites for hydroxylation is 1. The summed E-state index contributed by atoms with van der Waals surface area (Å²) < 4.78 is 23.1. The second-order valence-electron chi connectivity index (χ2n) is 5.94. The lowest BCUT2D eigenvalue weighted by atomic mass is 10.2. The first-order chi connectivity index (χ1) is 11.8. The fourth-order valence-electron chi connectivity index (χ4n) is 2.67. The van der Waals surface area contributed by atoms with Gasteiger partial charge in [-0.15, -0.1) is 0 Å². The van der Waals surface area contributed by atoms with Crippen LogP contribution in [-0.2, 0) is 9.84 Å². The first-order valence-electron chi connectivity index (χ1n) is 7.74. The van der Waals surface area contributed by atoms with Gasteiger partial charge in [0.2, 0.25) is 0 Å². The summed E-state index contributed by atoms with van der Waals surface area (Å²) in [6, 6.07) is 7.85. The molecule has 8 nitrogen and oxygen atoms in total. The number of aromatic nitrogens is 2. The number of carboxylic acid groups (broad SMARTS) is 1. The van der Waals surface area contributed by atoms with Crippen LogP contribution in [0, 0.1) is 6.92 Å². The third-order valence-electron chi connectivity index (χ3n) is 3.83. The van der Waals surface area contributed by atoms with Gasteiger partial charge in [-0.1, -0.05) is 0 Å². The predicted molar refractivity (Wildman–Crippen MR) is 94.1 cm³/mol. The van der Waals surface area contributed by atoms with Crippen LogP contribution in [-0.4, -0.2) is 47.0 Å². The Hall–Kier alpha value is -2.68. The molecule has 1 unspecified atom stereocenters. The van der Waals surface area contributed by atoms with Gasteiger partial charge in [-0.3, -0.25) is 0 Å². The fraction of sp³-hybridized carbons (Fsp3) is 0.312. The maximum Gasteiger partial charge on any atom is 0.335 e. The van der Waals surface area contributed by atoms with Crippen molar-refractivity contribution in [1.29, 1.82) is 0 Å². The Kier molecular flexibility index (Phi) is 4.58. The number of nitrogens with zero attached hydrogens (tertiary/aromatic N) is 2. The zero-order chi connectivity index (χ0) is 18.0. The van der Waals surface area contributed by atoms with E-state index in [4.69, 9.17) is 5.11 Å². The van der Waals surface area contributed by atoms with E-state index in [1.165, 1.54) is 12.1 Å². The van der Waals surface area contributed by atoms with Gasteiger partial charge >= 0.3 is 5.97 Å². The highest BCUT2D eigenvalue weighted by molar-refractivity contribution is 7.91. The van der Waals surface area contributed by atoms with E-state index in [-0.39, 0.29) is 23.1 Å². The van der Waals surface area contributed by atoms with Gasteiger partial charge in [0.05, 0.1) is 17.1 Å². The molecule has 1 aliphatic heterocycles. The van der Waals surface area contributed by atoms with Gasteiger partial charge in [0.1, 0.15) is 17.5 Å². The molecule has 1 fully saturated rings. The summed E-state index contributed by atoms with van der Waals surface area (Å²) in [5.74, 6) is 0.946. The maximum atomic E-state index is 11.6. The van der Waals surface area contributed by atoms with Crippen LogP contribution in [0.2, 0.25) is 0 Å². The van der Waals surface area contributed by atoms with Gasteiger partial charge in [-0.25, -0.2) is 23.2 Å². The van der Waals surface area contributed by atoms with Crippen LogP contribution in [0.15, 0.2) is 30.3 Å². The minimum Gasteiger partial charge on any atom is -0.478 e. The number of aromatic carboxylic acids is 1. The number of benzene rings is 1. The van der Waals surface area contributed by atoms with Crippen LogP contribution in [0.5, 0.6) is 0 Å². The molecule has 9 heteroatoms. The first-order valence-corrected chi connectivity index (χ1v) is 9.56. The summed E-state index contributed by atoms with van der Waals surface area (Å²) in [6.45, 7) is 1.75. The third kappa shape index (κ3) is 4.44. The van der Waals surface area contributed by atoms with Gasteiger partial charge in [0, 0.05) is 17.8 Å². The van der Waals surface area contributed by atoms with E-state index in [0.29, 0.717) is 29.6 Å². The smallest absolute Gasteiger partial charge is 0.335 e. The average molecular weight is 362 g/mol. The topological polar surface area (TPSA) is 121 Å². The Bertz CT molecular complexity index is 897. The van der Waals surface area contributed by atoms with E-state index < -0.39 is 15.8 Å². The van der Waals surface area contributed by atoms with Crippen LogP contribution in [0.25, 0.3) is 0 Å². The molecule has 1 aromatic heterocycles. The monoisotopic (exact) mass is 362 g/mol. The molecule has 0 bridgehead atoms. The lowest BCUT2D eigenvalue weighted by Gasteiger charge is -2.14. The number of rotatable bonds is 5. The van der Waals surface area contributed by atoms with Crippen molar-refractivity contribution in [2.24, 2.45) is 0 Å². The Balaban J connectivity index is 1.74. The molecular formula is C16H18N4O4S. The van der Waals surface area contributed by atoms with Gasteiger partial charge < -0.3 is 15.7 Å². The van der Waals surface area contributed by atoms with Crippen molar-refractivity contribution in [3.8, 4) is 0 Å². The van der Waals surface area contributed by atoms with Crippen molar-refractivity contribution >= 4 is 33.1 Å². The number of sulfone groups is 1. The van der Waals surface area contributed by atoms with Crippen molar-refractivity contribution in [2.45, 2.75) is 19.4 Å². The summed E-state index contributed by atoms with van der Waals surface area (Å²) in [5, 5.41) is 15.1. The minimum absolute atomic E-state index is 0.107. The first kappa shape index (κ1) is 17.2. The minimum atomic E-state index is -2.96. The molecule has 1 atom stereocenters. The molecule has 0 spiro atoms. The fourth-order valence-corrected chi connectivity index (χ4v) is 4.34. The number of anilines is 3. The Morgan fingerprint density at radius 3 is 2.48 bits per heavy atom. The molecule has 0 aliphatic carbocycles. The largest absolute Gasteiger partial charge is 0.478 e. The van der Waals surface area contributed by atoms with Crippen LogP contribution >= 0.6 is 0 Å². The number of carboxylic acids is 1. The standard InChI is InChI=1S/C16H18N4O4S/c1-10-17-14(19-12-4-2-11(3-5-12)16(21)22)8-15(18-10)20-13-6-7-25(23,24)9-13/h2-5,8,13H,6-7,9H2,1H3,(H,21,22)(H2,17,18,19,20). The lowest BCUT2D eigenvalue weighted by molar-refractivity contribution is 0.0697. The summed E-state index contributed by atoms with van der Waals surface area (Å²) >= 11 is 0. The third-order valence-corrected chi connectivity index (χ3v) is 5.59. The van der Waals surface area contributed by atoms with Crippen molar-refractivity contribution < 1.29 is 18.3 Å². The zero-order valence-corrected chi connectivity index (χ0v) is 14.4. The van der Waals surface area contributed by atoms with E-state index in [2.05, 4.69) is 20.6 Å². The molecule has 0 amide bonds. The number of carbonyl (C=O) groups is 1. The summed E-state index contributed by atoms with van der Waals surface area (Å²) in [5.41, 5.74) is 0.895. The van der Waals surface area contributed by atoms with E-state index >= 15 is 0 Å². The van der Waals surface area contributed by atoms with Crippen molar-refractivity contribution in [2.75, 3.05) is 22.1 Å². The molecule has 1 aliphatic rings. The summed E-state index contributed by atoms with van der Waals surface area (Å²) in [4.78, 5) is 19.5. The van der Waals surface area contributed by atoms with E-state index in [1.54, 1.807) is 25.1 Å². The second kappa shape index (κ2) is 6.67. The van der Waals surface area contributed by atoms with Crippen LogP contribution in [0.1, 0.15) is 22.6 Å². The highest BCUT2D eigenvalue weighted by Gasteiger charge is 2.28. The molecule has 2 aromatic rings. The molecule has 0 saturated carbocycles. The molecular weight excluding hydrogens is 344 g/mol. The van der Waals surface area contributed by atoms with E-state index in [9.17, 15) is 13.2 Å². The Morgan fingerprint density at radius 1 is 1.20 bits per heavy atom. The SMILES string of the molecule is Cc1nc(Nc2ccc(C(=O)O)cc2)cc(NC2CCS(=O)(=O)C2)n1. The van der Waals surface area contributed by atoms with E-state index in [1.807, 2.05) is 0 Å². The van der Waals surface area contributed by atoms with Crippen LogP contribution in [0.3, 0.4) is 0 Å². The van der Waals surface area contributed by atoms with Gasteiger partial charge in [-0.05, 0) is 37.6 Å². The van der Waals surface area contributed by atoms with Crippen LogP contribution < -0.4 is 10.6 Å². The summed E-state index contributed by atoms with van der Waals surface area (Å²) in [7, 11) is -2.96. The molecule has 0 radical (unpaired) electrons. The average Bonchev–Trinajstić information content (AvgIpc) is 2.86. The van der Waals surface area contributed by atoms with Crippen LogP contribution in [0.4, 0.5) is 17.3 Å². The molecule has 132 valence electrons. The summed E-state index contributed by atoms with van der Waals surface area (Å²) in [6.07, 6.45) is 0.560. The van der Waals surface area contributed by atoms with Crippen molar-refractivity contribution in [3.05, 3.63) is 41.7 Å². The Labute approximate surface area is 145 Å². The molecule has 3 rings (SSSR count). The number of hydrogen-bond donors (Lipinski definition) is 3. The highest BCUT2D eigenvalue weighted by Crippen LogP contribution is 2.21. The molecule has 3 N–H and O–H groups in total. The zero-order valence-electron chi connectivity index (χ0n) is 13.6. The van der Waals surface area contributed by atoms with E-state index in [0.717, 1.165) is 0 Å². The normalized spacial score (nSPS) is 18.7. The molecule has 1 saturated heterocycles. The Morgan fingerprint density at radius 2 is 1.88 bits per heavy atom. The quantitative estimate of drug-likeness (QED) is 0.736. The lowest BCUT2D eigenvalue weighted by Crippen LogP contribution is -2.21. The second-order valence-corrected chi connectivity index (χ2v) is 8.17. The maximum absolute atomic E-state index is 11.6. The number of nitrogens with one attached hydrogen (secondary N) is 2. The van der Waals surface area contributed by atoms with Crippen molar-refractivity contribution in [3.63, 3.8) is 0 Å². The van der Waals surface area contributed by atoms with Gasteiger partial charge in [0.15, 0.2) is 9.84 Å². The molecule has 25 heavy (non-hydrogen) atoms.